The zero-order valence-electron chi connectivity index (χ0n) is 8.94. The molecule has 1 aromatic carbocycles. The Morgan fingerprint density at radius 3 is 2.73 bits per heavy atom. The number of thioether (sulfide) groups is 1. The van der Waals surface area contributed by atoms with Crippen molar-refractivity contribution in [2.24, 2.45) is 5.92 Å². The summed E-state index contributed by atoms with van der Waals surface area (Å²) in [7, 11) is 0. The van der Waals surface area contributed by atoms with Crippen molar-refractivity contribution in [2.45, 2.75) is 6.92 Å². The van der Waals surface area contributed by atoms with Crippen LogP contribution in [0.2, 0.25) is 0 Å². The third kappa shape index (κ3) is 5.51. The molecule has 1 nitrogen and oxygen atoms in total. The maximum atomic E-state index is 8.82. The maximum absolute atomic E-state index is 8.82. The average Bonchev–Trinajstić information content (AvgIpc) is 2.29. The lowest BCUT2D eigenvalue weighted by Crippen LogP contribution is -2.03. The fourth-order valence-electron chi connectivity index (χ4n) is 1.02. The smallest absolute Gasteiger partial charge is 0.0551 e. The molecule has 1 rings (SSSR count). The van der Waals surface area contributed by atoms with E-state index in [9.17, 15) is 0 Å². The van der Waals surface area contributed by atoms with Crippen LogP contribution in [0.4, 0.5) is 0 Å². The van der Waals surface area contributed by atoms with Gasteiger partial charge in [0.2, 0.25) is 0 Å². The van der Waals surface area contributed by atoms with Gasteiger partial charge in [-0.1, -0.05) is 37.0 Å². The minimum Gasteiger partial charge on any atom is -0.396 e. The Hall–Kier alpha value is -0.910. The SMILES string of the molecule is CC(CO)CSCC#Cc1ccccc1. The van der Waals surface area contributed by atoms with Gasteiger partial charge in [-0.05, 0) is 23.8 Å². The zero-order valence-corrected chi connectivity index (χ0v) is 9.76. The predicted octanol–water partition coefficient (Wildman–Crippen LogP) is 2.40. The van der Waals surface area contributed by atoms with Crippen LogP contribution in [0.15, 0.2) is 30.3 Å². The number of hydrogen-bond acceptors (Lipinski definition) is 2. The van der Waals surface area contributed by atoms with Crippen LogP contribution in [0.3, 0.4) is 0 Å². The quantitative estimate of drug-likeness (QED) is 0.621. The molecule has 0 aliphatic carbocycles. The third-order valence-electron chi connectivity index (χ3n) is 1.89. The summed E-state index contributed by atoms with van der Waals surface area (Å²) < 4.78 is 0. The van der Waals surface area contributed by atoms with Gasteiger partial charge in [0, 0.05) is 12.2 Å². The molecular weight excluding hydrogens is 204 g/mol. The van der Waals surface area contributed by atoms with Crippen molar-refractivity contribution in [3.63, 3.8) is 0 Å². The van der Waals surface area contributed by atoms with E-state index in [1.165, 1.54) is 0 Å². The van der Waals surface area contributed by atoms with E-state index >= 15 is 0 Å². The van der Waals surface area contributed by atoms with Gasteiger partial charge in [0.25, 0.3) is 0 Å². The molecule has 1 aromatic rings. The maximum Gasteiger partial charge on any atom is 0.0551 e. The average molecular weight is 220 g/mol. The lowest BCUT2D eigenvalue weighted by Gasteiger charge is -2.03. The van der Waals surface area contributed by atoms with Gasteiger partial charge in [0.1, 0.15) is 0 Å². The monoisotopic (exact) mass is 220 g/mol. The van der Waals surface area contributed by atoms with Crippen LogP contribution in [0, 0.1) is 17.8 Å². The number of benzene rings is 1. The number of aliphatic hydroxyl groups is 1. The minimum atomic E-state index is 0.263. The summed E-state index contributed by atoms with van der Waals surface area (Å²) in [6.07, 6.45) is 0. The van der Waals surface area contributed by atoms with Crippen LogP contribution in [0.5, 0.6) is 0 Å². The van der Waals surface area contributed by atoms with E-state index < -0.39 is 0 Å². The second-order valence-corrected chi connectivity index (χ2v) is 4.50. The fourth-order valence-corrected chi connectivity index (χ4v) is 1.82. The van der Waals surface area contributed by atoms with E-state index in [0.29, 0.717) is 5.92 Å². The largest absolute Gasteiger partial charge is 0.396 e. The molecule has 2 heteroatoms. The molecule has 0 heterocycles. The molecule has 1 atom stereocenters. The molecule has 1 unspecified atom stereocenters. The van der Waals surface area contributed by atoms with Crippen molar-refractivity contribution in [3.8, 4) is 11.8 Å². The Morgan fingerprint density at radius 2 is 2.07 bits per heavy atom. The zero-order chi connectivity index (χ0) is 10.9. The molecule has 0 spiro atoms. The van der Waals surface area contributed by atoms with Crippen LogP contribution in [0.1, 0.15) is 12.5 Å². The van der Waals surface area contributed by atoms with Gasteiger partial charge in [-0.25, -0.2) is 0 Å². The molecule has 0 bridgehead atoms. The normalized spacial score (nSPS) is 11.6. The molecule has 0 amide bonds. The molecule has 0 aliphatic rings. The highest BCUT2D eigenvalue weighted by Crippen LogP contribution is 2.06. The highest BCUT2D eigenvalue weighted by Gasteiger charge is 1.97. The second kappa shape index (κ2) is 7.39. The molecule has 0 aliphatic heterocycles. The summed E-state index contributed by atoms with van der Waals surface area (Å²) in [5.74, 6) is 8.39. The highest BCUT2D eigenvalue weighted by molar-refractivity contribution is 7.99. The molecule has 0 radical (unpaired) electrons. The molecule has 0 aromatic heterocycles. The van der Waals surface area contributed by atoms with E-state index in [1.807, 2.05) is 37.3 Å². The van der Waals surface area contributed by atoms with Gasteiger partial charge in [0.15, 0.2) is 0 Å². The Labute approximate surface area is 95.9 Å². The number of hydrogen-bond donors (Lipinski definition) is 1. The fraction of sp³-hybridized carbons (Fsp3) is 0.385. The van der Waals surface area contributed by atoms with Crippen LogP contribution < -0.4 is 0 Å². The summed E-state index contributed by atoms with van der Waals surface area (Å²) in [6, 6.07) is 9.99. The molecule has 0 saturated carbocycles. The molecule has 80 valence electrons. The Bertz CT molecular complexity index is 323. The first kappa shape index (κ1) is 12.2. The topological polar surface area (TPSA) is 20.2 Å². The van der Waals surface area contributed by atoms with Crippen LogP contribution in [-0.4, -0.2) is 23.2 Å². The van der Waals surface area contributed by atoms with Crippen molar-refractivity contribution in [1.82, 2.24) is 0 Å². The Kier molecular flexibility index (Phi) is 5.99. The predicted molar refractivity (Wildman–Crippen MR) is 66.9 cm³/mol. The van der Waals surface area contributed by atoms with Crippen LogP contribution in [0.25, 0.3) is 0 Å². The summed E-state index contributed by atoms with van der Waals surface area (Å²) >= 11 is 1.77. The van der Waals surface area contributed by atoms with Gasteiger partial charge in [0.05, 0.1) is 5.75 Å². The van der Waals surface area contributed by atoms with Crippen molar-refractivity contribution >= 4 is 11.8 Å². The summed E-state index contributed by atoms with van der Waals surface area (Å²) in [5.41, 5.74) is 1.06. The second-order valence-electron chi connectivity index (χ2n) is 3.47. The summed E-state index contributed by atoms with van der Waals surface area (Å²) in [6.45, 7) is 2.30. The van der Waals surface area contributed by atoms with E-state index in [0.717, 1.165) is 17.1 Å². The van der Waals surface area contributed by atoms with E-state index in [4.69, 9.17) is 5.11 Å². The van der Waals surface area contributed by atoms with Crippen molar-refractivity contribution in [1.29, 1.82) is 0 Å². The van der Waals surface area contributed by atoms with Gasteiger partial charge in [-0.15, -0.1) is 11.8 Å². The van der Waals surface area contributed by atoms with E-state index in [-0.39, 0.29) is 6.61 Å². The van der Waals surface area contributed by atoms with Gasteiger partial charge in [-0.3, -0.25) is 0 Å². The van der Waals surface area contributed by atoms with Gasteiger partial charge in [-0.2, -0.15) is 0 Å². The molecule has 15 heavy (non-hydrogen) atoms. The first-order valence-electron chi connectivity index (χ1n) is 5.05. The lowest BCUT2D eigenvalue weighted by molar-refractivity contribution is 0.250. The minimum absolute atomic E-state index is 0.263. The van der Waals surface area contributed by atoms with Gasteiger partial charge >= 0.3 is 0 Å². The number of rotatable bonds is 4. The Balaban J connectivity index is 2.23. The molecule has 1 N–H and O–H groups in total. The van der Waals surface area contributed by atoms with Crippen LogP contribution >= 0.6 is 11.8 Å². The van der Waals surface area contributed by atoms with Crippen molar-refractivity contribution < 1.29 is 5.11 Å². The first-order valence-corrected chi connectivity index (χ1v) is 6.21. The first-order chi connectivity index (χ1) is 7.33. The van der Waals surface area contributed by atoms with Crippen molar-refractivity contribution in [2.75, 3.05) is 18.1 Å². The standard InChI is InChI=1S/C13H16OS/c1-12(10-14)11-15-9-5-8-13-6-3-2-4-7-13/h2-4,6-7,12,14H,9-11H2,1H3. The van der Waals surface area contributed by atoms with Crippen LogP contribution in [-0.2, 0) is 0 Å². The van der Waals surface area contributed by atoms with Gasteiger partial charge < -0.3 is 5.11 Å². The highest BCUT2D eigenvalue weighted by atomic mass is 32.2. The molecular formula is C13H16OS. The summed E-state index contributed by atoms with van der Waals surface area (Å²) in [4.78, 5) is 0. The molecule has 0 saturated heterocycles. The van der Waals surface area contributed by atoms with E-state index in [1.54, 1.807) is 11.8 Å². The Morgan fingerprint density at radius 1 is 1.33 bits per heavy atom. The molecule has 0 fully saturated rings. The lowest BCUT2D eigenvalue weighted by atomic mass is 10.2. The van der Waals surface area contributed by atoms with Crippen molar-refractivity contribution in [3.05, 3.63) is 35.9 Å². The third-order valence-corrected chi connectivity index (χ3v) is 3.05. The number of aliphatic hydroxyl groups excluding tert-OH is 1. The van der Waals surface area contributed by atoms with E-state index in [2.05, 4.69) is 11.8 Å². The summed E-state index contributed by atoms with van der Waals surface area (Å²) in [5, 5.41) is 8.82.